The zero-order chi connectivity index (χ0) is 14.8. The van der Waals surface area contributed by atoms with Gasteiger partial charge in [0.05, 0.1) is 6.04 Å². The first-order valence-corrected chi connectivity index (χ1v) is 7.27. The summed E-state index contributed by atoms with van der Waals surface area (Å²) in [7, 11) is 0. The van der Waals surface area contributed by atoms with Gasteiger partial charge in [-0.05, 0) is 24.5 Å². The molecule has 0 fully saturated rings. The second-order valence-electron chi connectivity index (χ2n) is 5.68. The molecule has 20 heavy (non-hydrogen) atoms. The smallest absolute Gasteiger partial charge is 0.321 e. The van der Waals surface area contributed by atoms with E-state index in [1.807, 2.05) is 24.4 Å². The maximum atomic E-state index is 12.1. The minimum atomic E-state index is -0.283. The van der Waals surface area contributed by atoms with E-state index in [9.17, 15) is 4.79 Å². The highest BCUT2D eigenvalue weighted by molar-refractivity contribution is 7.13. The van der Waals surface area contributed by atoms with Crippen LogP contribution in [0.1, 0.15) is 38.3 Å². The molecule has 2 heterocycles. The molecule has 2 aromatic heterocycles. The Balaban J connectivity index is 2.10. The first kappa shape index (κ1) is 14.6. The first-order valence-electron chi connectivity index (χ1n) is 6.39. The zero-order valence-electron chi connectivity index (χ0n) is 12.1. The van der Waals surface area contributed by atoms with Crippen molar-refractivity contribution in [2.75, 3.05) is 5.32 Å². The number of nitrogens with zero attached hydrogens (tertiary/aromatic N) is 1. The van der Waals surface area contributed by atoms with Crippen LogP contribution >= 0.6 is 11.3 Å². The van der Waals surface area contributed by atoms with E-state index in [1.165, 1.54) is 11.3 Å². The molecule has 5 nitrogen and oxygen atoms in total. The maximum absolute atomic E-state index is 12.1. The van der Waals surface area contributed by atoms with E-state index < -0.39 is 0 Å². The van der Waals surface area contributed by atoms with E-state index in [1.54, 1.807) is 6.20 Å². The summed E-state index contributed by atoms with van der Waals surface area (Å²) in [5.74, 6) is 1.58. The zero-order valence-corrected chi connectivity index (χ0v) is 12.9. The highest BCUT2D eigenvalue weighted by Crippen LogP contribution is 2.33. The molecule has 2 amide bonds. The van der Waals surface area contributed by atoms with Gasteiger partial charge in [0.25, 0.3) is 0 Å². The van der Waals surface area contributed by atoms with Gasteiger partial charge in [-0.15, -0.1) is 11.3 Å². The number of carbonyl (C=O) groups is 1. The quantitative estimate of drug-likeness (QED) is 0.900. The van der Waals surface area contributed by atoms with Gasteiger partial charge in [-0.1, -0.05) is 20.8 Å². The van der Waals surface area contributed by atoms with Crippen molar-refractivity contribution in [1.82, 2.24) is 10.3 Å². The number of thiazole rings is 1. The van der Waals surface area contributed by atoms with Crippen molar-refractivity contribution in [2.45, 2.75) is 33.7 Å². The van der Waals surface area contributed by atoms with Gasteiger partial charge in [0, 0.05) is 11.6 Å². The Bertz CT molecular complexity index is 570. The number of rotatable bonds is 3. The van der Waals surface area contributed by atoms with Crippen molar-refractivity contribution in [2.24, 2.45) is 5.41 Å². The van der Waals surface area contributed by atoms with Crippen LogP contribution in [0.2, 0.25) is 0 Å². The predicted octanol–water partition coefficient (Wildman–Crippen LogP) is 3.95. The lowest BCUT2D eigenvalue weighted by atomic mass is 9.85. The van der Waals surface area contributed by atoms with Crippen LogP contribution in [0.25, 0.3) is 0 Å². The number of urea groups is 1. The lowest BCUT2D eigenvalue weighted by molar-refractivity contribution is 0.215. The van der Waals surface area contributed by atoms with E-state index in [-0.39, 0.29) is 17.5 Å². The Morgan fingerprint density at radius 2 is 2.15 bits per heavy atom. The molecule has 108 valence electrons. The Labute approximate surface area is 122 Å². The third-order valence-corrected chi connectivity index (χ3v) is 3.53. The van der Waals surface area contributed by atoms with Gasteiger partial charge in [0.15, 0.2) is 5.13 Å². The molecule has 0 aromatic carbocycles. The monoisotopic (exact) mass is 293 g/mol. The summed E-state index contributed by atoms with van der Waals surface area (Å²) in [5.41, 5.74) is -0.162. The van der Waals surface area contributed by atoms with Crippen molar-refractivity contribution >= 4 is 22.5 Å². The van der Waals surface area contributed by atoms with Crippen molar-refractivity contribution in [3.8, 4) is 0 Å². The van der Waals surface area contributed by atoms with Crippen molar-refractivity contribution in [1.29, 1.82) is 0 Å². The molecule has 1 atom stereocenters. The van der Waals surface area contributed by atoms with Crippen LogP contribution < -0.4 is 10.6 Å². The number of hydrogen-bond acceptors (Lipinski definition) is 4. The van der Waals surface area contributed by atoms with Crippen LogP contribution in [0.3, 0.4) is 0 Å². The van der Waals surface area contributed by atoms with E-state index >= 15 is 0 Å². The van der Waals surface area contributed by atoms with E-state index in [0.717, 1.165) is 11.5 Å². The Kier molecular flexibility index (Phi) is 4.13. The molecule has 6 heteroatoms. The van der Waals surface area contributed by atoms with Crippen molar-refractivity contribution < 1.29 is 9.21 Å². The normalized spacial score (nSPS) is 13.0. The van der Waals surface area contributed by atoms with Gasteiger partial charge < -0.3 is 9.73 Å². The van der Waals surface area contributed by atoms with Crippen molar-refractivity contribution in [3.63, 3.8) is 0 Å². The molecular formula is C14H19N3O2S. The second-order valence-corrected chi connectivity index (χ2v) is 6.58. The summed E-state index contributed by atoms with van der Waals surface area (Å²) < 4.78 is 5.65. The fraction of sp³-hybridized carbons (Fsp3) is 0.429. The summed E-state index contributed by atoms with van der Waals surface area (Å²) in [6.45, 7) is 8.05. The molecule has 0 aliphatic rings. The number of anilines is 1. The van der Waals surface area contributed by atoms with Crippen LogP contribution in [0.15, 0.2) is 28.1 Å². The minimum Gasteiger partial charge on any atom is -0.464 e. The molecule has 0 bridgehead atoms. The van der Waals surface area contributed by atoms with Crippen LogP contribution in [-0.4, -0.2) is 11.0 Å². The number of nitrogens with one attached hydrogen (secondary N) is 2. The molecule has 0 saturated heterocycles. The fourth-order valence-corrected chi connectivity index (χ4v) is 2.40. The molecular weight excluding hydrogens is 274 g/mol. The molecule has 0 radical (unpaired) electrons. The van der Waals surface area contributed by atoms with Crippen LogP contribution in [-0.2, 0) is 0 Å². The molecule has 2 N–H and O–H groups in total. The average molecular weight is 293 g/mol. The van der Waals surface area contributed by atoms with Crippen molar-refractivity contribution in [3.05, 3.63) is 35.2 Å². The van der Waals surface area contributed by atoms with Crippen LogP contribution in [0, 0.1) is 12.3 Å². The topological polar surface area (TPSA) is 67.2 Å². The maximum Gasteiger partial charge on any atom is 0.321 e. The highest BCUT2D eigenvalue weighted by Gasteiger charge is 2.30. The Morgan fingerprint density at radius 3 is 2.65 bits per heavy atom. The predicted molar refractivity (Wildman–Crippen MR) is 79.9 cm³/mol. The molecule has 0 unspecified atom stereocenters. The SMILES string of the molecule is Cc1ccc([C@@H](NC(=O)Nc2nccs2)C(C)(C)C)o1. The largest absolute Gasteiger partial charge is 0.464 e. The number of furan rings is 1. The number of carbonyl (C=O) groups excluding carboxylic acids is 1. The first-order chi connectivity index (χ1) is 9.36. The lowest BCUT2D eigenvalue weighted by Gasteiger charge is -2.29. The van der Waals surface area contributed by atoms with Gasteiger partial charge in [-0.2, -0.15) is 0 Å². The van der Waals surface area contributed by atoms with Gasteiger partial charge in [-0.25, -0.2) is 9.78 Å². The minimum absolute atomic E-state index is 0.162. The van der Waals surface area contributed by atoms with Crippen LogP contribution in [0.5, 0.6) is 0 Å². The summed E-state index contributed by atoms with van der Waals surface area (Å²) in [6, 6.07) is 3.30. The molecule has 2 aromatic rings. The fourth-order valence-electron chi connectivity index (χ4n) is 1.87. The molecule has 0 spiro atoms. The van der Waals surface area contributed by atoms with Crippen LogP contribution in [0.4, 0.5) is 9.93 Å². The highest BCUT2D eigenvalue weighted by atomic mass is 32.1. The summed E-state index contributed by atoms with van der Waals surface area (Å²) in [4.78, 5) is 16.1. The number of aryl methyl sites for hydroxylation is 1. The molecule has 0 aliphatic heterocycles. The number of amides is 2. The molecule has 2 rings (SSSR count). The summed E-state index contributed by atoms with van der Waals surface area (Å²) in [6.07, 6.45) is 1.65. The van der Waals surface area contributed by atoms with E-state index in [0.29, 0.717) is 5.13 Å². The second kappa shape index (κ2) is 5.66. The van der Waals surface area contributed by atoms with Gasteiger partial charge >= 0.3 is 6.03 Å². The van der Waals surface area contributed by atoms with Gasteiger partial charge in [0.1, 0.15) is 11.5 Å². The summed E-state index contributed by atoms with van der Waals surface area (Å²) in [5, 5.41) is 8.05. The Hall–Kier alpha value is -1.82. The Morgan fingerprint density at radius 1 is 1.40 bits per heavy atom. The number of hydrogen-bond donors (Lipinski definition) is 2. The molecule has 0 aliphatic carbocycles. The number of aromatic nitrogens is 1. The van der Waals surface area contributed by atoms with E-state index in [4.69, 9.17) is 4.42 Å². The third-order valence-electron chi connectivity index (χ3n) is 2.84. The van der Waals surface area contributed by atoms with E-state index in [2.05, 4.69) is 36.4 Å². The van der Waals surface area contributed by atoms with Gasteiger partial charge in [-0.3, -0.25) is 5.32 Å². The summed E-state index contributed by atoms with van der Waals surface area (Å²) >= 11 is 1.38. The average Bonchev–Trinajstić information content (AvgIpc) is 2.96. The van der Waals surface area contributed by atoms with Gasteiger partial charge in [0.2, 0.25) is 0 Å². The molecule has 0 saturated carbocycles. The third kappa shape index (κ3) is 3.60. The lowest BCUT2D eigenvalue weighted by Crippen LogP contribution is -2.38. The standard InChI is InChI=1S/C14H19N3O2S/c1-9-5-6-10(19-9)11(14(2,3)4)16-12(18)17-13-15-7-8-20-13/h5-8,11H,1-4H3,(H2,15,16,17,18)/t11-/m1/s1.